The molecule has 3 unspecified atom stereocenters. The maximum absolute atomic E-state index is 5.61. The highest BCUT2D eigenvalue weighted by Crippen LogP contribution is 2.56. The van der Waals surface area contributed by atoms with E-state index in [0.29, 0.717) is 6.10 Å². The van der Waals surface area contributed by atoms with Crippen LogP contribution < -0.4 is 0 Å². The summed E-state index contributed by atoms with van der Waals surface area (Å²) in [5.41, 5.74) is 0. The van der Waals surface area contributed by atoms with Crippen molar-refractivity contribution < 1.29 is 4.52 Å². The first-order chi connectivity index (χ1) is 4.86. The van der Waals surface area contributed by atoms with Crippen LogP contribution in [0.3, 0.4) is 0 Å². The molecule has 0 N–H and O–H groups in total. The molecule has 1 aliphatic carbocycles. The third kappa shape index (κ3) is 1.38. The lowest BCUT2D eigenvalue weighted by molar-refractivity contribution is 0.197. The van der Waals surface area contributed by atoms with E-state index in [4.69, 9.17) is 16.3 Å². The summed E-state index contributed by atoms with van der Waals surface area (Å²) in [6, 6.07) is 0. The van der Waals surface area contributed by atoms with Crippen molar-refractivity contribution in [3.05, 3.63) is 0 Å². The number of rotatable bonds is 0. The summed E-state index contributed by atoms with van der Waals surface area (Å²) >= 11 is 7.03. The minimum absolute atomic E-state index is 0.515. The largest absolute Gasteiger partial charge is 0.415 e. The van der Waals surface area contributed by atoms with Crippen molar-refractivity contribution in [1.29, 1.82) is 0 Å². The van der Waals surface area contributed by atoms with Crippen molar-refractivity contribution in [1.82, 2.24) is 0 Å². The predicted molar refractivity (Wildman–Crippen MR) is 49.0 cm³/mol. The van der Waals surface area contributed by atoms with Crippen molar-refractivity contribution in [2.45, 2.75) is 37.0 Å². The Bertz CT molecular complexity index is 146. The van der Waals surface area contributed by atoms with Gasteiger partial charge in [-0.1, -0.05) is 12.8 Å². The summed E-state index contributed by atoms with van der Waals surface area (Å²) in [5, 5.41) is 0.761. The highest BCUT2D eigenvalue weighted by molar-refractivity contribution is 8.63. The second-order valence-corrected chi connectivity index (χ2v) is 7.59. The van der Waals surface area contributed by atoms with E-state index in [1.165, 1.54) is 25.7 Å². The molecule has 2 fully saturated rings. The van der Waals surface area contributed by atoms with Gasteiger partial charge in [-0.15, -0.1) is 0 Å². The average Bonchev–Trinajstić information content (AvgIpc) is 2.27. The smallest absolute Gasteiger partial charge is 0.154 e. The van der Waals surface area contributed by atoms with Crippen LogP contribution in [-0.2, 0) is 16.3 Å². The highest BCUT2D eigenvalue weighted by Gasteiger charge is 2.43. The van der Waals surface area contributed by atoms with Gasteiger partial charge in [-0.2, -0.15) is 4.52 Å². The van der Waals surface area contributed by atoms with Gasteiger partial charge in [0.2, 0.25) is 11.8 Å². The van der Waals surface area contributed by atoms with Gasteiger partial charge in [0, 0.05) is 0 Å². The normalized spacial score (nSPS) is 43.4. The Morgan fingerprint density at radius 3 is 3.00 bits per heavy atom. The molecular formula is C6H10OPS2+. The fourth-order valence-electron chi connectivity index (χ4n) is 1.55. The molecule has 0 spiro atoms. The van der Waals surface area contributed by atoms with Crippen LogP contribution >= 0.6 is 17.5 Å². The lowest BCUT2D eigenvalue weighted by atomic mass is 9.97. The Kier molecular flexibility index (Phi) is 2.29. The van der Waals surface area contributed by atoms with Gasteiger partial charge in [0.25, 0.3) is 0 Å². The van der Waals surface area contributed by atoms with E-state index < -0.39 is 6.13 Å². The maximum atomic E-state index is 5.61. The van der Waals surface area contributed by atoms with E-state index >= 15 is 0 Å². The topological polar surface area (TPSA) is 9.23 Å². The summed E-state index contributed by atoms with van der Waals surface area (Å²) in [6.45, 7) is 0. The van der Waals surface area contributed by atoms with E-state index in [1.54, 1.807) is 0 Å². The van der Waals surface area contributed by atoms with E-state index in [1.807, 2.05) is 11.4 Å². The molecule has 1 saturated heterocycles. The SMILES string of the molecule is S=[P+]1OC2CCCCC2S1. The van der Waals surface area contributed by atoms with Gasteiger partial charge in [-0.05, 0) is 12.8 Å². The molecule has 1 heterocycles. The van der Waals surface area contributed by atoms with Crippen LogP contribution in [0.2, 0.25) is 0 Å². The minimum atomic E-state index is -0.515. The second-order valence-electron chi connectivity index (χ2n) is 2.80. The molecular weight excluding hydrogens is 183 g/mol. The van der Waals surface area contributed by atoms with E-state index in [0.717, 1.165) is 5.25 Å². The van der Waals surface area contributed by atoms with Crippen molar-refractivity contribution in [2.75, 3.05) is 0 Å². The highest BCUT2D eigenvalue weighted by atomic mass is 32.9. The maximum Gasteiger partial charge on any atom is 0.415 e. The van der Waals surface area contributed by atoms with Crippen molar-refractivity contribution in [3.63, 3.8) is 0 Å². The lowest BCUT2D eigenvalue weighted by Crippen LogP contribution is -2.23. The summed E-state index contributed by atoms with van der Waals surface area (Å²) in [5.74, 6) is 0. The quantitative estimate of drug-likeness (QED) is 0.547. The molecule has 10 heavy (non-hydrogen) atoms. The number of hydrogen-bond donors (Lipinski definition) is 0. The van der Waals surface area contributed by atoms with Gasteiger partial charge in [0.05, 0.1) is 5.25 Å². The van der Waals surface area contributed by atoms with Crippen molar-refractivity contribution in [2.24, 2.45) is 0 Å². The Hall–Kier alpha value is 0.830. The van der Waals surface area contributed by atoms with Crippen LogP contribution in [0.15, 0.2) is 0 Å². The van der Waals surface area contributed by atoms with Gasteiger partial charge in [0.1, 0.15) is 17.5 Å². The molecule has 1 nitrogen and oxygen atoms in total. The van der Waals surface area contributed by atoms with E-state index in [9.17, 15) is 0 Å². The monoisotopic (exact) mass is 193 g/mol. The summed E-state index contributed by atoms with van der Waals surface area (Å²) in [6.07, 6.45) is 5.34. The van der Waals surface area contributed by atoms with E-state index in [-0.39, 0.29) is 0 Å². The van der Waals surface area contributed by atoms with Gasteiger partial charge in [-0.3, -0.25) is 0 Å². The molecule has 1 aliphatic heterocycles. The molecule has 3 atom stereocenters. The van der Waals surface area contributed by atoms with Gasteiger partial charge in [-0.25, -0.2) is 0 Å². The average molecular weight is 193 g/mol. The second kappa shape index (κ2) is 3.06. The molecule has 1 saturated carbocycles. The van der Waals surface area contributed by atoms with Crippen LogP contribution in [0, 0.1) is 0 Å². The molecule has 0 bridgehead atoms. The Morgan fingerprint density at radius 1 is 1.40 bits per heavy atom. The van der Waals surface area contributed by atoms with Gasteiger partial charge >= 0.3 is 6.13 Å². The van der Waals surface area contributed by atoms with Crippen LogP contribution in [0.4, 0.5) is 0 Å². The molecule has 0 aromatic carbocycles. The first kappa shape index (κ1) is 7.48. The minimum Gasteiger partial charge on any atom is -0.154 e. The third-order valence-electron chi connectivity index (χ3n) is 2.08. The lowest BCUT2D eigenvalue weighted by Gasteiger charge is -2.17. The Morgan fingerprint density at radius 2 is 2.20 bits per heavy atom. The standard InChI is InChI=1S/C6H10OPS2/c9-8-7-5-3-1-2-4-6(5)10-8/h5-6H,1-4H2/q+1. The molecule has 0 aromatic rings. The van der Waals surface area contributed by atoms with Crippen molar-refractivity contribution in [3.8, 4) is 0 Å². The molecule has 2 rings (SSSR count). The van der Waals surface area contributed by atoms with Crippen molar-refractivity contribution >= 4 is 29.3 Å². The summed E-state index contributed by atoms with van der Waals surface area (Å²) in [4.78, 5) is 0. The van der Waals surface area contributed by atoms with Crippen LogP contribution in [-0.4, -0.2) is 11.4 Å². The predicted octanol–water partition coefficient (Wildman–Crippen LogP) is 2.83. The van der Waals surface area contributed by atoms with Crippen LogP contribution in [0.1, 0.15) is 25.7 Å². The van der Waals surface area contributed by atoms with Gasteiger partial charge in [0.15, 0.2) is 0 Å². The third-order valence-corrected chi connectivity index (χ3v) is 6.13. The summed E-state index contributed by atoms with van der Waals surface area (Å²) < 4.78 is 5.61. The number of fused-ring (bicyclic) bond motifs is 1. The molecule has 0 aromatic heterocycles. The summed E-state index contributed by atoms with van der Waals surface area (Å²) in [7, 11) is 0. The zero-order valence-corrected chi connectivity index (χ0v) is 8.18. The van der Waals surface area contributed by atoms with Crippen LogP contribution in [0.25, 0.3) is 0 Å². The number of hydrogen-bond acceptors (Lipinski definition) is 3. The van der Waals surface area contributed by atoms with E-state index in [2.05, 4.69) is 0 Å². The Labute approximate surface area is 71.2 Å². The first-order valence-electron chi connectivity index (χ1n) is 3.67. The molecule has 2 aliphatic rings. The zero-order valence-electron chi connectivity index (χ0n) is 5.66. The Balaban J connectivity index is 2.04. The first-order valence-corrected chi connectivity index (χ1v) is 7.43. The molecule has 0 amide bonds. The molecule has 4 heteroatoms. The molecule has 56 valence electrons. The fourth-order valence-corrected chi connectivity index (χ4v) is 6.17. The fraction of sp³-hybridized carbons (Fsp3) is 1.00. The zero-order chi connectivity index (χ0) is 6.97. The van der Waals surface area contributed by atoms with Gasteiger partial charge < -0.3 is 0 Å². The molecule has 0 radical (unpaired) electrons. The van der Waals surface area contributed by atoms with Crippen LogP contribution in [0.5, 0.6) is 0 Å².